The standard InChI is InChI=1S/C20H18Cl3N3O3.HNO3/c21-15-3-1-14(2-4-15)8-27-9-17-10-28-20(29-17,11-26-13-24-12-25-26)18-6-5-16(22)7-19(18)23;2-1(3)4/h1-7,12-13,17H,8-11H2;(H,2,3,4). The smallest absolute Gasteiger partial charge is 0.291 e. The molecule has 0 aliphatic carbocycles. The van der Waals surface area contributed by atoms with E-state index in [1.165, 1.54) is 6.33 Å². The van der Waals surface area contributed by atoms with Crippen LogP contribution in [0.5, 0.6) is 0 Å². The largest absolute Gasteiger partial charge is 0.374 e. The zero-order valence-corrected chi connectivity index (χ0v) is 19.3. The lowest BCUT2D eigenvalue weighted by Crippen LogP contribution is -2.34. The van der Waals surface area contributed by atoms with Crippen molar-refractivity contribution in [3.05, 3.63) is 91.4 Å². The SMILES string of the molecule is Clc1ccc(COCC2COC(Cn3cncn3)(c3ccc(Cl)cc3Cl)O2)cc1.O=[N+]([O-])O. The summed E-state index contributed by atoms with van der Waals surface area (Å²) < 4.78 is 19.9. The molecule has 0 amide bonds. The monoisotopic (exact) mass is 516 g/mol. The van der Waals surface area contributed by atoms with Crippen molar-refractivity contribution in [2.45, 2.75) is 25.0 Å². The lowest BCUT2D eigenvalue weighted by Gasteiger charge is -2.29. The molecular weight excluding hydrogens is 499 g/mol. The van der Waals surface area contributed by atoms with Crippen LogP contribution in [-0.2, 0) is 33.1 Å². The molecule has 2 aromatic carbocycles. The summed E-state index contributed by atoms with van der Waals surface area (Å²) in [5, 5.41) is 19.5. The Labute approximate surface area is 203 Å². The highest BCUT2D eigenvalue weighted by molar-refractivity contribution is 6.35. The number of benzene rings is 2. The van der Waals surface area contributed by atoms with E-state index >= 15 is 0 Å². The average molecular weight is 518 g/mol. The molecule has 33 heavy (non-hydrogen) atoms. The fourth-order valence-corrected chi connectivity index (χ4v) is 3.85. The quantitative estimate of drug-likeness (QED) is 0.362. The molecule has 176 valence electrons. The normalized spacial score (nSPS) is 19.7. The van der Waals surface area contributed by atoms with Crippen LogP contribution in [0, 0.1) is 10.1 Å². The molecule has 1 aliphatic heterocycles. The summed E-state index contributed by atoms with van der Waals surface area (Å²) in [6.07, 6.45) is 2.79. The number of ether oxygens (including phenoxy) is 3. The van der Waals surface area contributed by atoms with Crippen molar-refractivity contribution in [3.63, 3.8) is 0 Å². The van der Waals surface area contributed by atoms with Crippen LogP contribution < -0.4 is 0 Å². The van der Waals surface area contributed by atoms with Gasteiger partial charge in [0.05, 0.1) is 24.8 Å². The number of nitrogens with zero attached hydrogens (tertiary/aromatic N) is 4. The van der Waals surface area contributed by atoms with Gasteiger partial charge in [-0.25, -0.2) is 9.67 Å². The van der Waals surface area contributed by atoms with Gasteiger partial charge >= 0.3 is 0 Å². The molecule has 13 heteroatoms. The van der Waals surface area contributed by atoms with Crippen LogP contribution in [0.4, 0.5) is 0 Å². The molecule has 0 bridgehead atoms. The molecule has 0 spiro atoms. The highest BCUT2D eigenvalue weighted by Gasteiger charge is 2.45. The first-order valence-corrected chi connectivity index (χ1v) is 10.7. The topological polar surface area (TPSA) is 122 Å². The van der Waals surface area contributed by atoms with Crippen molar-refractivity contribution in [1.82, 2.24) is 14.8 Å². The van der Waals surface area contributed by atoms with Gasteiger partial charge in [0, 0.05) is 15.6 Å². The van der Waals surface area contributed by atoms with Gasteiger partial charge in [-0.1, -0.05) is 53.0 Å². The minimum Gasteiger partial charge on any atom is -0.374 e. The van der Waals surface area contributed by atoms with Gasteiger partial charge in [0.1, 0.15) is 25.3 Å². The van der Waals surface area contributed by atoms with E-state index in [0.29, 0.717) is 47.0 Å². The van der Waals surface area contributed by atoms with Crippen LogP contribution in [0.25, 0.3) is 0 Å². The zero-order chi connectivity index (χ0) is 23.8. The summed E-state index contributed by atoms with van der Waals surface area (Å²) in [7, 11) is 0. The fourth-order valence-electron chi connectivity index (χ4n) is 3.17. The summed E-state index contributed by atoms with van der Waals surface area (Å²) in [4.78, 5) is 12.3. The van der Waals surface area contributed by atoms with E-state index in [-0.39, 0.29) is 6.10 Å². The van der Waals surface area contributed by atoms with E-state index in [1.54, 1.807) is 29.2 Å². The van der Waals surface area contributed by atoms with Crippen LogP contribution in [0.2, 0.25) is 15.1 Å². The van der Waals surface area contributed by atoms with Crippen LogP contribution in [-0.4, -0.2) is 44.4 Å². The summed E-state index contributed by atoms with van der Waals surface area (Å²) in [5.41, 5.74) is 1.71. The average Bonchev–Trinajstić information content (AvgIpc) is 3.40. The Morgan fingerprint density at radius 3 is 2.55 bits per heavy atom. The van der Waals surface area contributed by atoms with E-state index in [0.717, 1.165) is 5.56 Å². The van der Waals surface area contributed by atoms with Gasteiger partial charge in [0.2, 0.25) is 5.79 Å². The van der Waals surface area contributed by atoms with E-state index in [9.17, 15) is 0 Å². The van der Waals surface area contributed by atoms with Gasteiger partial charge in [-0.3, -0.25) is 0 Å². The van der Waals surface area contributed by atoms with E-state index in [4.69, 9.17) is 64.3 Å². The Balaban J connectivity index is 0.000000709. The summed E-state index contributed by atoms with van der Waals surface area (Å²) in [6.45, 7) is 1.47. The Morgan fingerprint density at radius 2 is 1.91 bits per heavy atom. The third-order valence-electron chi connectivity index (χ3n) is 4.52. The van der Waals surface area contributed by atoms with Crippen LogP contribution in [0.1, 0.15) is 11.1 Å². The van der Waals surface area contributed by atoms with E-state index < -0.39 is 10.9 Å². The van der Waals surface area contributed by atoms with Crippen molar-refractivity contribution in [1.29, 1.82) is 0 Å². The van der Waals surface area contributed by atoms with Crippen molar-refractivity contribution >= 4 is 34.8 Å². The van der Waals surface area contributed by atoms with Crippen molar-refractivity contribution in [3.8, 4) is 0 Å². The third kappa shape index (κ3) is 7.26. The molecule has 1 aromatic heterocycles. The highest BCUT2D eigenvalue weighted by atomic mass is 35.5. The van der Waals surface area contributed by atoms with Crippen LogP contribution in [0.15, 0.2) is 55.1 Å². The Kier molecular flexibility index (Phi) is 8.84. The van der Waals surface area contributed by atoms with Gasteiger partial charge in [-0.2, -0.15) is 5.10 Å². The predicted octanol–water partition coefficient (Wildman–Crippen LogP) is 4.38. The van der Waals surface area contributed by atoms with Crippen molar-refractivity contribution in [2.75, 3.05) is 13.2 Å². The fraction of sp³-hybridized carbons (Fsp3) is 0.300. The lowest BCUT2D eigenvalue weighted by molar-refractivity contribution is -0.742. The van der Waals surface area contributed by atoms with Gasteiger partial charge < -0.3 is 19.4 Å². The minimum atomic E-state index is -1.50. The molecule has 3 aromatic rings. The molecule has 1 saturated heterocycles. The summed E-state index contributed by atoms with van der Waals surface area (Å²) in [6, 6.07) is 12.7. The van der Waals surface area contributed by atoms with Gasteiger partial charge in [0.25, 0.3) is 5.09 Å². The number of halogens is 3. The summed E-state index contributed by atoms with van der Waals surface area (Å²) in [5.74, 6) is -1.11. The Bertz CT molecular complexity index is 1050. The number of hydrogen-bond donors (Lipinski definition) is 1. The van der Waals surface area contributed by atoms with Crippen LogP contribution in [0.3, 0.4) is 0 Å². The van der Waals surface area contributed by atoms with Crippen LogP contribution >= 0.6 is 34.8 Å². The molecular formula is C20H19Cl3N4O6. The molecule has 2 atom stereocenters. The van der Waals surface area contributed by atoms with Gasteiger partial charge in [-0.15, -0.1) is 10.1 Å². The maximum Gasteiger partial charge on any atom is 0.291 e. The second-order valence-corrected chi connectivity index (χ2v) is 8.18. The highest BCUT2D eigenvalue weighted by Crippen LogP contribution is 2.40. The molecule has 4 rings (SSSR count). The second-order valence-electron chi connectivity index (χ2n) is 6.90. The molecule has 0 radical (unpaired) electrons. The maximum absolute atomic E-state index is 8.36. The summed E-state index contributed by atoms with van der Waals surface area (Å²) >= 11 is 18.4. The van der Waals surface area contributed by atoms with Gasteiger partial charge in [0.15, 0.2) is 0 Å². The maximum atomic E-state index is 8.36. The lowest BCUT2D eigenvalue weighted by atomic mass is 10.1. The van der Waals surface area contributed by atoms with E-state index in [2.05, 4.69) is 10.1 Å². The molecule has 0 saturated carbocycles. The number of aromatic nitrogens is 3. The molecule has 10 nitrogen and oxygen atoms in total. The second kappa shape index (κ2) is 11.6. The Morgan fingerprint density at radius 1 is 1.21 bits per heavy atom. The van der Waals surface area contributed by atoms with Gasteiger partial charge in [-0.05, 0) is 29.8 Å². The molecule has 2 unspecified atom stereocenters. The Hall–Kier alpha value is -2.47. The molecule has 1 aliphatic rings. The first kappa shape index (κ1) is 25.2. The minimum absolute atomic E-state index is 0.266. The third-order valence-corrected chi connectivity index (χ3v) is 5.32. The zero-order valence-electron chi connectivity index (χ0n) is 17.0. The first-order chi connectivity index (χ1) is 15.8. The molecule has 1 fully saturated rings. The number of hydrogen-bond acceptors (Lipinski definition) is 7. The predicted molar refractivity (Wildman–Crippen MR) is 119 cm³/mol. The first-order valence-electron chi connectivity index (χ1n) is 9.52. The van der Waals surface area contributed by atoms with Crippen molar-refractivity contribution < 1.29 is 24.5 Å². The molecule has 1 N–H and O–H groups in total. The molecule has 2 heterocycles. The number of rotatable bonds is 7. The van der Waals surface area contributed by atoms with Crippen molar-refractivity contribution in [2.24, 2.45) is 0 Å². The van der Waals surface area contributed by atoms with E-state index in [1.807, 2.05) is 24.3 Å².